The van der Waals surface area contributed by atoms with Gasteiger partial charge in [0.25, 0.3) is 0 Å². The fourth-order valence-electron chi connectivity index (χ4n) is 2.38. The summed E-state index contributed by atoms with van der Waals surface area (Å²) in [6, 6.07) is 6.94. The minimum atomic E-state index is -0.205. The molecule has 1 N–H and O–H groups in total. The summed E-state index contributed by atoms with van der Waals surface area (Å²) in [5, 5.41) is 2.89. The summed E-state index contributed by atoms with van der Waals surface area (Å²) in [7, 11) is 4.61. The van der Waals surface area contributed by atoms with Crippen molar-refractivity contribution in [3.63, 3.8) is 0 Å². The smallest absolute Gasteiger partial charge is 0.225 e. The van der Waals surface area contributed by atoms with Crippen LogP contribution in [0, 0.1) is 0 Å². The van der Waals surface area contributed by atoms with Gasteiger partial charge in [-0.3, -0.25) is 4.79 Å². The molecule has 1 aromatic carbocycles. The van der Waals surface area contributed by atoms with Crippen LogP contribution in [0.5, 0.6) is 17.2 Å². The molecule has 0 bridgehead atoms. The number of furan rings is 1. The van der Waals surface area contributed by atoms with Crippen molar-refractivity contribution in [3.8, 4) is 17.2 Å². The van der Waals surface area contributed by atoms with Crippen LogP contribution in [0.1, 0.15) is 24.3 Å². The van der Waals surface area contributed by atoms with Crippen LogP contribution in [0.25, 0.3) is 0 Å². The SMILES string of the molecule is COc1ccc(CC(=O)N[C@H](C)c2ccco2)c(OC)c1OC. The van der Waals surface area contributed by atoms with Gasteiger partial charge in [-0.25, -0.2) is 0 Å². The zero-order valence-corrected chi connectivity index (χ0v) is 13.7. The van der Waals surface area contributed by atoms with Crippen LogP contribution in [0.3, 0.4) is 0 Å². The number of benzene rings is 1. The molecule has 0 unspecified atom stereocenters. The van der Waals surface area contributed by atoms with Gasteiger partial charge in [0.1, 0.15) is 5.76 Å². The molecule has 0 radical (unpaired) electrons. The Morgan fingerprint density at radius 3 is 2.43 bits per heavy atom. The number of ether oxygens (including phenoxy) is 3. The summed E-state index contributed by atoms with van der Waals surface area (Å²) in [5.41, 5.74) is 0.717. The fourth-order valence-corrected chi connectivity index (χ4v) is 2.38. The summed E-state index contributed by atoms with van der Waals surface area (Å²) in [5.74, 6) is 2.08. The zero-order chi connectivity index (χ0) is 16.8. The summed E-state index contributed by atoms with van der Waals surface area (Å²) in [6.45, 7) is 1.86. The predicted molar refractivity (Wildman–Crippen MR) is 85.1 cm³/mol. The van der Waals surface area contributed by atoms with Crippen molar-refractivity contribution >= 4 is 5.91 Å². The van der Waals surface area contributed by atoms with E-state index < -0.39 is 0 Å². The number of carbonyl (C=O) groups is 1. The maximum absolute atomic E-state index is 12.3. The van der Waals surface area contributed by atoms with Gasteiger partial charge in [0.05, 0.1) is 40.1 Å². The lowest BCUT2D eigenvalue weighted by Crippen LogP contribution is -2.28. The third-order valence-corrected chi connectivity index (χ3v) is 3.48. The van der Waals surface area contributed by atoms with Crippen molar-refractivity contribution in [2.45, 2.75) is 19.4 Å². The van der Waals surface area contributed by atoms with E-state index in [2.05, 4.69) is 5.32 Å². The number of methoxy groups -OCH3 is 3. The average Bonchev–Trinajstić information content (AvgIpc) is 3.08. The Morgan fingerprint density at radius 1 is 1.13 bits per heavy atom. The van der Waals surface area contributed by atoms with E-state index in [0.29, 0.717) is 28.6 Å². The van der Waals surface area contributed by atoms with Gasteiger partial charge in [0.2, 0.25) is 11.7 Å². The molecule has 2 aromatic rings. The Bertz CT molecular complexity index is 651. The standard InChI is InChI=1S/C17H21NO5/c1-11(13-6-5-9-23-13)18-15(19)10-12-7-8-14(20-2)17(22-4)16(12)21-3/h5-9,11H,10H2,1-4H3,(H,18,19)/t11-/m1/s1. The largest absolute Gasteiger partial charge is 0.493 e. The Labute approximate surface area is 135 Å². The summed E-state index contributed by atoms with van der Waals surface area (Å²) < 4.78 is 21.2. The molecule has 0 saturated carbocycles. The number of rotatable bonds is 7. The molecule has 1 atom stereocenters. The Hall–Kier alpha value is -2.63. The lowest BCUT2D eigenvalue weighted by atomic mass is 10.1. The van der Waals surface area contributed by atoms with Gasteiger partial charge in [0, 0.05) is 5.56 Å². The summed E-state index contributed by atoms with van der Waals surface area (Å²) >= 11 is 0. The first-order valence-electron chi connectivity index (χ1n) is 7.21. The van der Waals surface area contributed by atoms with Gasteiger partial charge < -0.3 is 23.9 Å². The van der Waals surface area contributed by atoms with E-state index >= 15 is 0 Å². The second-order valence-corrected chi connectivity index (χ2v) is 4.97. The molecule has 0 fully saturated rings. The molecule has 2 rings (SSSR count). The molecule has 6 heteroatoms. The summed E-state index contributed by atoms with van der Waals surface area (Å²) in [4.78, 5) is 12.3. The maximum Gasteiger partial charge on any atom is 0.225 e. The minimum Gasteiger partial charge on any atom is -0.493 e. The fraction of sp³-hybridized carbons (Fsp3) is 0.353. The van der Waals surface area contributed by atoms with Crippen LogP contribution in [0.15, 0.2) is 34.9 Å². The first-order chi connectivity index (χ1) is 11.1. The van der Waals surface area contributed by atoms with Crippen LogP contribution < -0.4 is 19.5 Å². The van der Waals surface area contributed by atoms with E-state index in [1.54, 1.807) is 31.6 Å². The highest BCUT2D eigenvalue weighted by Crippen LogP contribution is 2.39. The number of amides is 1. The Balaban J connectivity index is 2.14. The second-order valence-electron chi connectivity index (χ2n) is 4.97. The van der Waals surface area contributed by atoms with E-state index in [-0.39, 0.29) is 18.4 Å². The van der Waals surface area contributed by atoms with Crippen LogP contribution >= 0.6 is 0 Å². The molecule has 0 saturated heterocycles. The Kier molecular flexibility index (Phi) is 5.51. The van der Waals surface area contributed by atoms with E-state index in [1.165, 1.54) is 14.2 Å². The van der Waals surface area contributed by atoms with Gasteiger partial charge in [-0.2, -0.15) is 0 Å². The van der Waals surface area contributed by atoms with Crippen molar-refractivity contribution in [3.05, 3.63) is 41.9 Å². The first-order valence-corrected chi connectivity index (χ1v) is 7.21. The van der Waals surface area contributed by atoms with Gasteiger partial charge in [-0.15, -0.1) is 0 Å². The molecule has 124 valence electrons. The second kappa shape index (κ2) is 7.58. The van der Waals surface area contributed by atoms with Crippen LogP contribution in [0.2, 0.25) is 0 Å². The van der Waals surface area contributed by atoms with Crippen molar-refractivity contribution in [2.75, 3.05) is 21.3 Å². The molecule has 0 spiro atoms. The lowest BCUT2D eigenvalue weighted by Gasteiger charge is -2.16. The van der Waals surface area contributed by atoms with Gasteiger partial charge in [0.15, 0.2) is 11.5 Å². The average molecular weight is 319 g/mol. The van der Waals surface area contributed by atoms with E-state index in [0.717, 1.165) is 0 Å². The van der Waals surface area contributed by atoms with Gasteiger partial charge in [-0.1, -0.05) is 6.07 Å². The monoisotopic (exact) mass is 319 g/mol. The van der Waals surface area contributed by atoms with Crippen molar-refractivity contribution in [1.82, 2.24) is 5.32 Å². The highest BCUT2D eigenvalue weighted by Gasteiger charge is 2.19. The third kappa shape index (κ3) is 3.77. The zero-order valence-electron chi connectivity index (χ0n) is 13.7. The van der Waals surface area contributed by atoms with Crippen molar-refractivity contribution in [1.29, 1.82) is 0 Å². The topological polar surface area (TPSA) is 69.9 Å². The Morgan fingerprint density at radius 2 is 1.87 bits per heavy atom. The number of nitrogens with one attached hydrogen (secondary N) is 1. The molecule has 1 heterocycles. The summed E-state index contributed by atoms with van der Waals surface area (Å²) in [6.07, 6.45) is 1.74. The molecule has 0 aliphatic carbocycles. The van der Waals surface area contributed by atoms with Crippen molar-refractivity contribution in [2.24, 2.45) is 0 Å². The first kappa shape index (κ1) is 16.7. The molecular formula is C17H21NO5. The highest BCUT2D eigenvalue weighted by molar-refractivity contribution is 5.80. The highest BCUT2D eigenvalue weighted by atomic mass is 16.5. The molecule has 6 nitrogen and oxygen atoms in total. The number of carbonyl (C=O) groups excluding carboxylic acids is 1. The predicted octanol–water partition coefficient (Wildman–Crippen LogP) is 2.73. The maximum atomic E-state index is 12.3. The van der Waals surface area contributed by atoms with Crippen LogP contribution in [-0.2, 0) is 11.2 Å². The molecule has 23 heavy (non-hydrogen) atoms. The van der Waals surface area contributed by atoms with E-state index in [1.807, 2.05) is 13.0 Å². The number of hydrogen-bond donors (Lipinski definition) is 1. The normalized spacial score (nSPS) is 11.7. The van der Waals surface area contributed by atoms with Gasteiger partial charge >= 0.3 is 0 Å². The minimum absolute atomic E-state index is 0.139. The molecule has 0 aliphatic heterocycles. The van der Waals surface area contributed by atoms with Gasteiger partial charge in [-0.05, 0) is 25.1 Å². The number of hydrogen-bond acceptors (Lipinski definition) is 5. The third-order valence-electron chi connectivity index (χ3n) is 3.48. The van der Waals surface area contributed by atoms with E-state index in [4.69, 9.17) is 18.6 Å². The van der Waals surface area contributed by atoms with Crippen LogP contribution in [-0.4, -0.2) is 27.2 Å². The molecular weight excluding hydrogens is 298 g/mol. The molecule has 1 amide bonds. The quantitative estimate of drug-likeness (QED) is 0.850. The lowest BCUT2D eigenvalue weighted by molar-refractivity contribution is -0.121. The van der Waals surface area contributed by atoms with Crippen LogP contribution in [0.4, 0.5) is 0 Å². The molecule has 1 aromatic heterocycles. The molecule has 0 aliphatic rings. The van der Waals surface area contributed by atoms with E-state index in [9.17, 15) is 4.79 Å². The van der Waals surface area contributed by atoms with Crippen molar-refractivity contribution < 1.29 is 23.4 Å².